The van der Waals surface area contributed by atoms with Gasteiger partial charge in [0, 0.05) is 18.0 Å². The normalized spacial score (nSPS) is 11.2. The van der Waals surface area contributed by atoms with E-state index >= 15 is 0 Å². The van der Waals surface area contributed by atoms with Crippen LogP contribution >= 0.6 is 11.3 Å². The van der Waals surface area contributed by atoms with Crippen molar-refractivity contribution in [3.8, 4) is 22.0 Å². The molecule has 0 saturated carbocycles. The number of aromatic nitrogens is 4. The topological polar surface area (TPSA) is 84.7 Å². The first-order chi connectivity index (χ1) is 11.3. The van der Waals surface area contributed by atoms with Gasteiger partial charge in [-0.25, -0.2) is 0 Å². The Balaban J connectivity index is 1.98. The summed E-state index contributed by atoms with van der Waals surface area (Å²) in [6.45, 7) is 1.93. The van der Waals surface area contributed by atoms with Gasteiger partial charge in [0.1, 0.15) is 5.56 Å². The Morgan fingerprint density at radius 1 is 1.35 bits per heavy atom. The third kappa shape index (κ3) is 2.35. The summed E-state index contributed by atoms with van der Waals surface area (Å²) in [6, 6.07) is 7.52. The minimum Gasteiger partial charge on any atom is -0.334 e. The highest BCUT2D eigenvalue weighted by Crippen LogP contribution is 2.30. The molecule has 0 saturated heterocycles. The monoisotopic (exact) mass is 324 g/mol. The van der Waals surface area contributed by atoms with Gasteiger partial charge in [-0.05, 0) is 23.6 Å². The average Bonchev–Trinajstić information content (AvgIpc) is 3.25. The molecule has 0 radical (unpaired) electrons. The molecule has 0 amide bonds. The maximum atomic E-state index is 12.3. The van der Waals surface area contributed by atoms with Crippen LogP contribution in [0.25, 0.3) is 32.9 Å². The molecule has 0 aromatic carbocycles. The van der Waals surface area contributed by atoms with E-state index in [9.17, 15) is 4.79 Å². The van der Waals surface area contributed by atoms with Crippen molar-refractivity contribution >= 4 is 22.2 Å². The van der Waals surface area contributed by atoms with Crippen molar-refractivity contribution in [2.45, 2.75) is 13.3 Å². The molecule has 0 aliphatic rings. The summed E-state index contributed by atoms with van der Waals surface area (Å²) in [5.74, 6) is 0.801. The quantitative estimate of drug-likeness (QED) is 0.625. The number of aryl methyl sites for hydroxylation is 1. The van der Waals surface area contributed by atoms with Crippen molar-refractivity contribution in [3.63, 3.8) is 0 Å². The van der Waals surface area contributed by atoms with Gasteiger partial charge in [0.2, 0.25) is 0 Å². The third-order valence-electron chi connectivity index (χ3n) is 3.54. The van der Waals surface area contributed by atoms with E-state index in [1.54, 1.807) is 29.7 Å². The maximum absolute atomic E-state index is 12.3. The van der Waals surface area contributed by atoms with E-state index in [0.717, 1.165) is 21.5 Å². The zero-order valence-corrected chi connectivity index (χ0v) is 13.1. The van der Waals surface area contributed by atoms with Gasteiger partial charge in [-0.2, -0.15) is 4.98 Å². The van der Waals surface area contributed by atoms with Crippen LogP contribution in [0.4, 0.5) is 0 Å². The van der Waals surface area contributed by atoms with E-state index in [0.29, 0.717) is 17.8 Å². The van der Waals surface area contributed by atoms with E-state index in [1.807, 2.05) is 24.4 Å². The molecule has 114 valence electrons. The van der Waals surface area contributed by atoms with Crippen molar-refractivity contribution in [2.75, 3.05) is 0 Å². The fourth-order valence-corrected chi connectivity index (χ4v) is 3.14. The zero-order chi connectivity index (χ0) is 15.8. The standard InChI is InChI=1S/C16H12N4O2S/c1-2-13-19-16(22-20-13)10-8-9-11(18-15(10)21)5-6-17-14(9)12-4-3-7-23-12/h3-8H,2H2,1H3,(H,18,21). The van der Waals surface area contributed by atoms with Gasteiger partial charge in [-0.1, -0.05) is 18.1 Å². The molecule has 4 aromatic rings. The summed E-state index contributed by atoms with van der Waals surface area (Å²) < 4.78 is 5.20. The van der Waals surface area contributed by atoms with Crippen LogP contribution in [0.15, 0.2) is 45.2 Å². The number of pyridine rings is 2. The second-order valence-electron chi connectivity index (χ2n) is 4.98. The van der Waals surface area contributed by atoms with E-state index in [2.05, 4.69) is 20.1 Å². The van der Waals surface area contributed by atoms with E-state index < -0.39 is 0 Å². The number of thiophene rings is 1. The maximum Gasteiger partial charge on any atom is 0.263 e. The molecule has 0 bridgehead atoms. The number of aromatic amines is 1. The largest absolute Gasteiger partial charge is 0.334 e. The van der Waals surface area contributed by atoms with Gasteiger partial charge >= 0.3 is 0 Å². The lowest BCUT2D eigenvalue weighted by Gasteiger charge is -2.04. The predicted molar refractivity (Wildman–Crippen MR) is 88.3 cm³/mol. The summed E-state index contributed by atoms with van der Waals surface area (Å²) in [4.78, 5) is 24.9. The molecule has 7 heteroatoms. The Kier molecular flexibility index (Phi) is 3.27. The lowest BCUT2D eigenvalue weighted by atomic mass is 10.1. The Bertz CT molecular complexity index is 1030. The Hall–Kier alpha value is -2.80. The first-order valence-electron chi connectivity index (χ1n) is 7.15. The molecule has 23 heavy (non-hydrogen) atoms. The van der Waals surface area contributed by atoms with Crippen molar-refractivity contribution < 1.29 is 4.52 Å². The van der Waals surface area contributed by atoms with Gasteiger partial charge in [0.05, 0.1) is 16.1 Å². The summed E-state index contributed by atoms with van der Waals surface area (Å²) in [5, 5.41) is 6.69. The molecule has 0 spiro atoms. The first kappa shape index (κ1) is 13.8. The molecule has 0 aliphatic carbocycles. The van der Waals surface area contributed by atoms with Gasteiger partial charge in [0.25, 0.3) is 11.4 Å². The molecule has 4 rings (SSSR count). The highest BCUT2D eigenvalue weighted by atomic mass is 32.1. The van der Waals surface area contributed by atoms with Crippen LogP contribution < -0.4 is 5.56 Å². The molecule has 4 heterocycles. The number of hydrogen-bond acceptors (Lipinski definition) is 6. The molecule has 1 N–H and O–H groups in total. The number of hydrogen-bond donors (Lipinski definition) is 1. The zero-order valence-electron chi connectivity index (χ0n) is 12.2. The number of H-pyrrole nitrogens is 1. The van der Waals surface area contributed by atoms with E-state index in [1.165, 1.54) is 0 Å². The first-order valence-corrected chi connectivity index (χ1v) is 8.03. The average molecular weight is 324 g/mol. The minimum absolute atomic E-state index is 0.228. The van der Waals surface area contributed by atoms with Crippen LogP contribution in [-0.4, -0.2) is 20.1 Å². The third-order valence-corrected chi connectivity index (χ3v) is 4.42. The number of rotatable bonds is 3. The Morgan fingerprint density at radius 2 is 2.26 bits per heavy atom. The molecule has 0 atom stereocenters. The second kappa shape index (κ2) is 5.44. The summed E-state index contributed by atoms with van der Waals surface area (Å²) in [5.41, 5.74) is 1.65. The highest BCUT2D eigenvalue weighted by Gasteiger charge is 2.15. The van der Waals surface area contributed by atoms with Gasteiger partial charge in [0.15, 0.2) is 5.82 Å². The fourth-order valence-electron chi connectivity index (χ4n) is 2.40. The second-order valence-corrected chi connectivity index (χ2v) is 5.93. The van der Waals surface area contributed by atoms with Crippen molar-refractivity contribution in [2.24, 2.45) is 0 Å². The highest BCUT2D eigenvalue weighted by molar-refractivity contribution is 7.13. The lowest BCUT2D eigenvalue weighted by molar-refractivity contribution is 0.423. The summed E-state index contributed by atoms with van der Waals surface area (Å²) in [7, 11) is 0. The van der Waals surface area contributed by atoms with Crippen LogP contribution in [0.5, 0.6) is 0 Å². The summed E-state index contributed by atoms with van der Waals surface area (Å²) in [6.07, 6.45) is 2.34. The Labute approximate surface area is 134 Å². The van der Waals surface area contributed by atoms with Crippen LogP contribution in [0.2, 0.25) is 0 Å². The Morgan fingerprint density at radius 3 is 3.00 bits per heavy atom. The molecule has 4 aromatic heterocycles. The smallest absolute Gasteiger partial charge is 0.263 e. The van der Waals surface area contributed by atoms with Gasteiger partial charge in [-0.3, -0.25) is 9.78 Å². The lowest BCUT2D eigenvalue weighted by Crippen LogP contribution is -2.09. The fraction of sp³-hybridized carbons (Fsp3) is 0.125. The van der Waals surface area contributed by atoms with Crippen LogP contribution in [0.1, 0.15) is 12.7 Å². The molecule has 6 nitrogen and oxygen atoms in total. The molecular formula is C16H12N4O2S. The van der Waals surface area contributed by atoms with Crippen LogP contribution in [0.3, 0.4) is 0 Å². The van der Waals surface area contributed by atoms with Crippen molar-refractivity contribution in [1.29, 1.82) is 0 Å². The number of nitrogens with zero attached hydrogens (tertiary/aromatic N) is 3. The SMILES string of the molecule is CCc1noc(-c2cc3c(-c4cccs4)nccc3[nH]c2=O)n1. The van der Waals surface area contributed by atoms with Crippen LogP contribution in [0, 0.1) is 0 Å². The number of nitrogens with one attached hydrogen (secondary N) is 1. The minimum atomic E-state index is -0.257. The van der Waals surface area contributed by atoms with Crippen LogP contribution in [-0.2, 0) is 6.42 Å². The summed E-state index contributed by atoms with van der Waals surface area (Å²) >= 11 is 1.60. The molecule has 0 fully saturated rings. The molecule has 0 unspecified atom stereocenters. The number of fused-ring (bicyclic) bond motifs is 1. The van der Waals surface area contributed by atoms with Gasteiger partial charge < -0.3 is 9.51 Å². The van der Waals surface area contributed by atoms with Crippen molar-refractivity contribution in [1.82, 2.24) is 20.1 Å². The molecular weight excluding hydrogens is 312 g/mol. The van der Waals surface area contributed by atoms with Gasteiger partial charge in [-0.15, -0.1) is 11.3 Å². The molecule has 0 aliphatic heterocycles. The van der Waals surface area contributed by atoms with E-state index in [4.69, 9.17) is 4.52 Å². The van der Waals surface area contributed by atoms with E-state index in [-0.39, 0.29) is 11.4 Å². The van der Waals surface area contributed by atoms with Crippen molar-refractivity contribution in [3.05, 3.63) is 52.0 Å². The predicted octanol–water partition coefficient (Wildman–Crippen LogP) is 3.26.